The van der Waals surface area contributed by atoms with E-state index in [4.69, 9.17) is 0 Å². The molecule has 0 atom stereocenters. The largest absolute Gasteiger partial charge is 0.345 e. The molecule has 1 heterocycles. The first kappa shape index (κ1) is 39.6. The Morgan fingerprint density at radius 3 is 1.36 bits per heavy atom. The molecule has 2 nitrogen and oxygen atoms in total. The molecular formula is C56H54N2. The number of para-hydroxylation sites is 2. The minimum absolute atomic E-state index is 0.160. The third-order valence-electron chi connectivity index (χ3n) is 11.1. The van der Waals surface area contributed by atoms with Crippen LogP contribution < -0.4 is 4.90 Å². The molecule has 8 aromatic carbocycles. The summed E-state index contributed by atoms with van der Waals surface area (Å²) in [7, 11) is 2.12. The van der Waals surface area contributed by atoms with E-state index in [0.29, 0.717) is 0 Å². The van der Waals surface area contributed by atoms with Gasteiger partial charge in [-0.1, -0.05) is 187 Å². The number of fused-ring (bicyclic) bond motifs is 6. The Hall–Kier alpha value is -6.64. The molecule has 0 unspecified atom stereocenters. The highest BCUT2D eigenvalue weighted by molar-refractivity contribution is 6.10. The Balaban J connectivity index is 0.000000224. The Labute approximate surface area is 345 Å². The van der Waals surface area contributed by atoms with Crippen LogP contribution in [0.15, 0.2) is 200 Å². The summed E-state index contributed by atoms with van der Waals surface area (Å²) in [6.07, 6.45) is 0. The lowest BCUT2D eigenvalue weighted by Crippen LogP contribution is -2.14. The minimum Gasteiger partial charge on any atom is -0.345 e. The molecule has 1 aromatic heterocycles. The van der Waals surface area contributed by atoms with Gasteiger partial charge in [0.1, 0.15) is 0 Å². The topological polar surface area (TPSA) is 8.17 Å². The van der Waals surface area contributed by atoms with Gasteiger partial charge in [0.15, 0.2) is 0 Å². The molecule has 288 valence electrons. The van der Waals surface area contributed by atoms with E-state index in [-0.39, 0.29) is 5.41 Å². The summed E-state index contributed by atoms with van der Waals surface area (Å²) in [5.74, 6) is 0. The molecule has 0 fully saturated rings. The number of hydrogen-bond acceptors (Lipinski definition) is 1. The van der Waals surface area contributed by atoms with Gasteiger partial charge in [0.2, 0.25) is 0 Å². The summed E-state index contributed by atoms with van der Waals surface area (Å²) in [4.78, 5) is 2.23. The van der Waals surface area contributed by atoms with Gasteiger partial charge in [0.05, 0.1) is 11.0 Å². The molecule has 0 N–H and O–H groups in total. The van der Waals surface area contributed by atoms with E-state index in [0.717, 1.165) is 11.4 Å². The van der Waals surface area contributed by atoms with E-state index < -0.39 is 0 Å². The number of anilines is 2. The normalized spacial score (nSPS) is 11.8. The fourth-order valence-electron chi connectivity index (χ4n) is 8.21. The number of nitrogens with zero attached hydrogens (tertiary/aromatic N) is 2. The second-order valence-corrected chi connectivity index (χ2v) is 14.7. The van der Waals surface area contributed by atoms with Crippen molar-refractivity contribution in [2.24, 2.45) is 0 Å². The molecular weight excluding hydrogens is 701 g/mol. The summed E-state index contributed by atoms with van der Waals surface area (Å²) in [6, 6.07) is 71.7. The average Bonchev–Trinajstić information content (AvgIpc) is 3.76. The summed E-state index contributed by atoms with van der Waals surface area (Å²) in [5.41, 5.74) is 16.7. The number of benzene rings is 8. The summed E-state index contributed by atoms with van der Waals surface area (Å²) >= 11 is 0. The SMILES string of the molecule is CC.CC.CC1(C)c2ccccc2-c2ccccc21.CN(c1ccc(-c2ccccc2)cc1)c1ccc(-c2ccc3c(c2)c2ccccc2n3-c2ccccc2)cc1. The molecule has 10 rings (SSSR count). The van der Waals surface area contributed by atoms with Gasteiger partial charge in [0.25, 0.3) is 0 Å². The lowest BCUT2D eigenvalue weighted by molar-refractivity contribution is 0.660. The molecule has 1 aliphatic rings. The van der Waals surface area contributed by atoms with E-state index in [2.05, 4.69) is 231 Å². The van der Waals surface area contributed by atoms with Crippen LogP contribution in [0.25, 0.3) is 60.9 Å². The van der Waals surface area contributed by atoms with Crippen LogP contribution in [-0.2, 0) is 5.41 Å². The van der Waals surface area contributed by atoms with Crippen molar-refractivity contribution in [3.8, 4) is 39.1 Å². The maximum absolute atomic E-state index is 2.36. The Morgan fingerprint density at radius 1 is 0.379 bits per heavy atom. The second kappa shape index (κ2) is 17.7. The lowest BCUT2D eigenvalue weighted by atomic mass is 9.82. The third kappa shape index (κ3) is 7.59. The van der Waals surface area contributed by atoms with Crippen molar-refractivity contribution in [3.63, 3.8) is 0 Å². The smallest absolute Gasteiger partial charge is 0.0541 e. The van der Waals surface area contributed by atoms with Gasteiger partial charge in [-0.3, -0.25) is 0 Å². The third-order valence-corrected chi connectivity index (χ3v) is 11.1. The summed E-state index contributed by atoms with van der Waals surface area (Å²) in [6.45, 7) is 12.6. The fraction of sp³-hybridized carbons (Fsp3) is 0.143. The molecule has 0 bridgehead atoms. The van der Waals surface area contributed by atoms with Crippen molar-refractivity contribution >= 4 is 33.2 Å². The van der Waals surface area contributed by atoms with E-state index in [9.17, 15) is 0 Å². The molecule has 9 aromatic rings. The zero-order chi connectivity index (χ0) is 40.6. The molecule has 0 spiro atoms. The van der Waals surface area contributed by atoms with Crippen molar-refractivity contribution in [3.05, 3.63) is 211 Å². The van der Waals surface area contributed by atoms with Crippen LogP contribution in [-0.4, -0.2) is 11.6 Å². The summed E-state index contributed by atoms with van der Waals surface area (Å²) < 4.78 is 2.36. The van der Waals surface area contributed by atoms with E-state index in [1.165, 1.54) is 72.0 Å². The Kier molecular flexibility index (Phi) is 12.1. The number of hydrogen-bond donors (Lipinski definition) is 0. The van der Waals surface area contributed by atoms with Gasteiger partial charge in [0, 0.05) is 40.3 Å². The van der Waals surface area contributed by atoms with Gasteiger partial charge in [-0.25, -0.2) is 0 Å². The molecule has 58 heavy (non-hydrogen) atoms. The highest BCUT2D eigenvalue weighted by atomic mass is 15.1. The van der Waals surface area contributed by atoms with Crippen LogP contribution in [0.3, 0.4) is 0 Å². The minimum atomic E-state index is 0.160. The van der Waals surface area contributed by atoms with Crippen LogP contribution in [0.4, 0.5) is 11.4 Å². The number of aromatic nitrogens is 1. The predicted molar refractivity (Wildman–Crippen MR) is 253 cm³/mol. The highest BCUT2D eigenvalue weighted by Gasteiger charge is 2.34. The van der Waals surface area contributed by atoms with Crippen LogP contribution in [0.2, 0.25) is 0 Å². The molecule has 0 amide bonds. The molecule has 0 saturated carbocycles. The molecule has 0 saturated heterocycles. The lowest BCUT2D eigenvalue weighted by Gasteiger charge is -2.20. The van der Waals surface area contributed by atoms with Crippen molar-refractivity contribution in [1.82, 2.24) is 4.57 Å². The van der Waals surface area contributed by atoms with Crippen LogP contribution in [0, 0.1) is 0 Å². The Morgan fingerprint density at radius 2 is 0.793 bits per heavy atom. The van der Waals surface area contributed by atoms with E-state index in [1.807, 2.05) is 27.7 Å². The van der Waals surface area contributed by atoms with Gasteiger partial charge in [-0.05, 0) is 99.1 Å². The fourth-order valence-corrected chi connectivity index (χ4v) is 8.21. The zero-order valence-electron chi connectivity index (χ0n) is 34.9. The second-order valence-electron chi connectivity index (χ2n) is 14.7. The van der Waals surface area contributed by atoms with Crippen molar-refractivity contribution in [1.29, 1.82) is 0 Å². The maximum Gasteiger partial charge on any atom is 0.0541 e. The van der Waals surface area contributed by atoms with Gasteiger partial charge >= 0.3 is 0 Å². The van der Waals surface area contributed by atoms with Gasteiger partial charge < -0.3 is 9.47 Å². The molecule has 0 aliphatic heterocycles. The monoisotopic (exact) mass is 754 g/mol. The van der Waals surface area contributed by atoms with E-state index in [1.54, 1.807) is 0 Å². The van der Waals surface area contributed by atoms with Crippen LogP contribution in [0.5, 0.6) is 0 Å². The Bertz CT molecular complexity index is 2670. The number of rotatable bonds is 5. The quantitative estimate of drug-likeness (QED) is 0.170. The standard InChI is InChI=1S/C37H28N2.C15H14.2C2H6/c1-38(31-21-16-28(17-22-31)27-10-4-2-5-11-27)32-23-18-29(19-24-32)30-20-25-37-35(26-30)34-14-8-9-15-36(34)39(37)33-12-6-3-7-13-33;1-15(2)13-9-5-3-7-11(13)12-8-4-6-10-14(12)15;2*1-2/h2-26H,1H3;3-10H,1-2H3;2*1-2H3. The van der Waals surface area contributed by atoms with Crippen molar-refractivity contribution in [2.75, 3.05) is 11.9 Å². The highest BCUT2D eigenvalue weighted by Crippen LogP contribution is 2.48. The first-order chi connectivity index (χ1) is 28.5. The first-order valence-electron chi connectivity index (χ1n) is 20.7. The average molecular weight is 755 g/mol. The van der Waals surface area contributed by atoms with Crippen molar-refractivity contribution in [2.45, 2.75) is 47.0 Å². The molecule has 2 heteroatoms. The van der Waals surface area contributed by atoms with Gasteiger partial charge in [-0.2, -0.15) is 0 Å². The van der Waals surface area contributed by atoms with E-state index >= 15 is 0 Å². The van der Waals surface area contributed by atoms with Crippen LogP contribution >= 0.6 is 0 Å². The zero-order valence-corrected chi connectivity index (χ0v) is 34.9. The molecule has 1 aliphatic carbocycles. The van der Waals surface area contributed by atoms with Gasteiger partial charge in [-0.15, -0.1) is 0 Å². The summed E-state index contributed by atoms with van der Waals surface area (Å²) in [5, 5.41) is 2.54. The van der Waals surface area contributed by atoms with Crippen LogP contribution in [0.1, 0.15) is 52.7 Å². The predicted octanol–water partition coefficient (Wildman–Crippen LogP) is 15.9. The van der Waals surface area contributed by atoms with Crippen molar-refractivity contribution < 1.29 is 0 Å². The maximum atomic E-state index is 2.36. The molecule has 0 radical (unpaired) electrons. The first-order valence-corrected chi connectivity index (χ1v) is 20.7.